The maximum Gasteiger partial charge on any atom is 0.0624 e. The Hall–Kier alpha value is -0.220. The Balaban J connectivity index is 0.00000169. The maximum absolute atomic E-state index is 8.83. The lowest BCUT2D eigenvalue weighted by molar-refractivity contribution is 0.268. The smallest absolute Gasteiger partial charge is 0.0624 e. The van der Waals surface area contributed by atoms with Gasteiger partial charge < -0.3 is 10.8 Å². The molecule has 0 fully saturated rings. The number of rotatable bonds is 4. The summed E-state index contributed by atoms with van der Waals surface area (Å²) >= 11 is 1.80. The van der Waals surface area contributed by atoms with Crippen LogP contribution in [-0.2, 0) is 0 Å². The van der Waals surface area contributed by atoms with Gasteiger partial charge in [0.05, 0.1) is 12.6 Å². The van der Waals surface area contributed by atoms with Crippen molar-refractivity contribution in [3.8, 4) is 0 Å². The summed E-state index contributed by atoms with van der Waals surface area (Å²) in [5.41, 5.74) is 6.65. The van der Waals surface area contributed by atoms with Gasteiger partial charge in [-0.05, 0) is 23.4 Å². The minimum absolute atomic E-state index is 0. The number of hydrogen-bond acceptors (Lipinski definition) is 3. The summed E-state index contributed by atoms with van der Waals surface area (Å²) in [5, 5.41) is 8.83. The summed E-state index contributed by atoms with van der Waals surface area (Å²) in [5.74, 6) is 1.07. The molecule has 14 heavy (non-hydrogen) atoms. The molecule has 0 aliphatic carbocycles. The molecule has 1 rings (SSSR count). The quantitative estimate of drug-likeness (QED) is 0.784. The highest BCUT2D eigenvalue weighted by molar-refractivity contribution is 7.99. The van der Waals surface area contributed by atoms with Crippen LogP contribution >= 0.6 is 24.2 Å². The molecule has 0 unspecified atom stereocenters. The Bertz CT molecular complexity index is 253. The lowest BCUT2D eigenvalue weighted by Crippen LogP contribution is -2.14. The second kappa shape index (κ2) is 7.12. The summed E-state index contributed by atoms with van der Waals surface area (Å²) in [6.07, 6.45) is 0. The lowest BCUT2D eigenvalue weighted by atomic mass is 10.1. The van der Waals surface area contributed by atoms with Gasteiger partial charge in [0.15, 0.2) is 0 Å². The standard InChI is InChI=1S/C10H15NOS.ClH/c1-2-13-9-5-3-8(4-6-9)10(11)7-12;/h3-6,10,12H,2,7,11H2,1H3;1H/t10-;/m1./s1. The Morgan fingerprint density at radius 3 is 2.36 bits per heavy atom. The molecule has 0 amide bonds. The molecule has 3 N–H and O–H groups in total. The van der Waals surface area contributed by atoms with Crippen molar-refractivity contribution < 1.29 is 5.11 Å². The highest BCUT2D eigenvalue weighted by Crippen LogP contribution is 2.19. The van der Waals surface area contributed by atoms with Crippen LogP contribution in [0, 0.1) is 0 Å². The molecule has 1 aromatic carbocycles. The molecule has 0 bridgehead atoms. The third-order valence-corrected chi connectivity index (χ3v) is 2.71. The summed E-state index contributed by atoms with van der Waals surface area (Å²) < 4.78 is 0. The number of hydrogen-bond donors (Lipinski definition) is 2. The fourth-order valence-corrected chi connectivity index (χ4v) is 1.75. The first kappa shape index (κ1) is 13.8. The van der Waals surface area contributed by atoms with Gasteiger partial charge in [-0.1, -0.05) is 19.1 Å². The van der Waals surface area contributed by atoms with Crippen LogP contribution in [0.15, 0.2) is 29.2 Å². The number of aliphatic hydroxyl groups excluding tert-OH is 1. The zero-order chi connectivity index (χ0) is 9.68. The van der Waals surface area contributed by atoms with Gasteiger partial charge in [0.2, 0.25) is 0 Å². The summed E-state index contributed by atoms with van der Waals surface area (Å²) in [6.45, 7) is 2.12. The van der Waals surface area contributed by atoms with Crippen LogP contribution in [0.25, 0.3) is 0 Å². The van der Waals surface area contributed by atoms with Crippen LogP contribution in [0.5, 0.6) is 0 Å². The molecular formula is C10H16ClNOS. The summed E-state index contributed by atoms with van der Waals surface area (Å²) in [4.78, 5) is 1.25. The number of benzene rings is 1. The van der Waals surface area contributed by atoms with E-state index < -0.39 is 0 Å². The fraction of sp³-hybridized carbons (Fsp3) is 0.400. The van der Waals surface area contributed by atoms with Gasteiger partial charge in [-0.2, -0.15) is 0 Å². The normalized spacial score (nSPS) is 11.9. The van der Waals surface area contributed by atoms with Crippen molar-refractivity contribution in [2.24, 2.45) is 5.73 Å². The van der Waals surface area contributed by atoms with E-state index in [1.54, 1.807) is 11.8 Å². The van der Waals surface area contributed by atoms with E-state index in [0.29, 0.717) is 0 Å². The Kier molecular flexibility index (Phi) is 7.01. The van der Waals surface area contributed by atoms with Crippen LogP contribution in [0.2, 0.25) is 0 Å². The predicted octanol–water partition coefficient (Wildman–Crippen LogP) is 2.21. The molecule has 1 atom stereocenters. The summed E-state index contributed by atoms with van der Waals surface area (Å²) in [6, 6.07) is 7.77. The van der Waals surface area contributed by atoms with E-state index in [1.165, 1.54) is 4.90 Å². The number of halogens is 1. The van der Waals surface area contributed by atoms with Gasteiger partial charge in [0.1, 0.15) is 0 Å². The molecule has 0 spiro atoms. The highest BCUT2D eigenvalue weighted by atomic mass is 35.5. The molecule has 4 heteroatoms. The molecule has 0 heterocycles. The largest absolute Gasteiger partial charge is 0.394 e. The van der Waals surface area contributed by atoms with Gasteiger partial charge in [0.25, 0.3) is 0 Å². The molecule has 80 valence electrons. The molecule has 2 nitrogen and oxygen atoms in total. The van der Waals surface area contributed by atoms with Crippen molar-refractivity contribution in [3.63, 3.8) is 0 Å². The molecule has 0 aliphatic rings. The first-order valence-electron chi connectivity index (χ1n) is 4.37. The Labute approximate surface area is 95.3 Å². The van der Waals surface area contributed by atoms with Crippen molar-refractivity contribution >= 4 is 24.2 Å². The van der Waals surface area contributed by atoms with Gasteiger partial charge in [0, 0.05) is 4.90 Å². The number of aliphatic hydroxyl groups is 1. The van der Waals surface area contributed by atoms with Crippen LogP contribution < -0.4 is 5.73 Å². The molecule has 0 aromatic heterocycles. The lowest BCUT2D eigenvalue weighted by Gasteiger charge is -2.08. The molecular weight excluding hydrogens is 218 g/mol. The first-order valence-corrected chi connectivity index (χ1v) is 5.35. The second-order valence-corrected chi connectivity index (χ2v) is 4.13. The monoisotopic (exact) mass is 233 g/mol. The van der Waals surface area contributed by atoms with Crippen molar-refractivity contribution in [1.29, 1.82) is 0 Å². The van der Waals surface area contributed by atoms with Gasteiger partial charge in [-0.15, -0.1) is 24.2 Å². The van der Waals surface area contributed by atoms with Gasteiger partial charge in [-0.25, -0.2) is 0 Å². The summed E-state index contributed by atoms with van der Waals surface area (Å²) in [7, 11) is 0. The minimum Gasteiger partial charge on any atom is -0.394 e. The molecule has 0 saturated carbocycles. The Morgan fingerprint density at radius 1 is 1.36 bits per heavy atom. The SMILES string of the molecule is CCSc1ccc([C@H](N)CO)cc1.Cl. The van der Waals surface area contributed by atoms with E-state index in [2.05, 4.69) is 6.92 Å². The van der Waals surface area contributed by atoms with E-state index >= 15 is 0 Å². The molecule has 0 radical (unpaired) electrons. The third kappa shape index (κ3) is 3.88. The van der Waals surface area contributed by atoms with Crippen molar-refractivity contribution in [3.05, 3.63) is 29.8 Å². The topological polar surface area (TPSA) is 46.2 Å². The number of thioether (sulfide) groups is 1. The van der Waals surface area contributed by atoms with Gasteiger partial charge >= 0.3 is 0 Å². The first-order chi connectivity index (χ1) is 6.27. The minimum atomic E-state index is -0.249. The second-order valence-electron chi connectivity index (χ2n) is 2.79. The molecule has 0 saturated heterocycles. The van der Waals surface area contributed by atoms with E-state index in [0.717, 1.165) is 11.3 Å². The third-order valence-electron chi connectivity index (χ3n) is 1.82. The zero-order valence-corrected chi connectivity index (χ0v) is 9.78. The number of nitrogens with two attached hydrogens (primary N) is 1. The van der Waals surface area contributed by atoms with E-state index in [9.17, 15) is 0 Å². The van der Waals surface area contributed by atoms with E-state index in [4.69, 9.17) is 10.8 Å². The van der Waals surface area contributed by atoms with Crippen LogP contribution in [0.3, 0.4) is 0 Å². The van der Waals surface area contributed by atoms with Crippen LogP contribution in [0.1, 0.15) is 18.5 Å². The van der Waals surface area contributed by atoms with Crippen LogP contribution in [0.4, 0.5) is 0 Å². The highest BCUT2D eigenvalue weighted by Gasteiger charge is 2.02. The average molecular weight is 234 g/mol. The van der Waals surface area contributed by atoms with Crippen molar-refractivity contribution in [2.45, 2.75) is 17.9 Å². The van der Waals surface area contributed by atoms with E-state index in [1.807, 2.05) is 24.3 Å². The van der Waals surface area contributed by atoms with Crippen molar-refractivity contribution in [1.82, 2.24) is 0 Å². The van der Waals surface area contributed by atoms with E-state index in [-0.39, 0.29) is 25.1 Å². The average Bonchev–Trinajstić information content (AvgIpc) is 2.18. The molecule has 0 aliphatic heterocycles. The van der Waals surface area contributed by atoms with Crippen molar-refractivity contribution in [2.75, 3.05) is 12.4 Å². The molecule has 1 aromatic rings. The zero-order valence-electron chi connectivity index (χ0n) is 8.14. The Morgan fingerprint density at radius 2 is 1.93 bits per heavy atom. The van der Waals surface area contributed by atoms with Crippen LogP contribution in [-0.4, -0.2) is 17.5 Å². The fourth-order valence-electron chi connectivity index (χ4n) is 1.08. The maximum atomic E-state index is 8.83. The predicted molar refractivity (Wildman–Crippen MR) is 64.1 cm³/mol. The van der Waals surface area contributed by atoms with Gasteiger partial charge in [-0.3, -0.25) is 0 Å².